The third kappa shape index (κ3) is 5.88. The number of imidazole rings is 1. The summed E-state index contributed by atoms with van der Waals surface area (Å²) >= 11 is 12.3. The van der Waals surface area contributed by atoms with Crippen LogP contribution in [0.15, 0.2) is 65.7 Å². The first-order valence-corrected chi connectivity index (χ1v) is 18.0. The molecule has 0 spiro atoms. The van der Waals surface area contributed by atoms with Crippen molar-refractivity contribution in [1.82, 2.24) is 35.1 Å². The Morgan fingerprint density at radius 1 is 1.00 bits per heavy atom. The number of hydrogen-bond donors (Lipinski definition) is 2. The van der Waals surface area contributed by atoms with Crippen LogP contribution in [-0.2, 0) is 27.1 Å². The molecule has 3 aromatic heterocycles. The first kappa shape index (κ1) is 35.4. The highest BCUT2D eigenvalue weighted by Gasteiger charge is 2.58. The summed E-state index contributed by atoms with van der Waals surface area (Å²) in [4.78, 5) is 61.0. The van der Waals surface area contributed by atoms with Crippen molar-refractivity contribution in [2.45, 2.75) is 75.4 Å². The number of anilines is 2. The van der Waals surface area contributed by atoms with Crippen LogP contribution in [0.2, 0.25) is 10.0 Å². The van der Waals surface area contributed by atoms with E-state index >= 15 is 0 Å². The number of nitriles is 1. The second-order valence-corrected chi connectivity index (χ2v) is 15.3. The number of oxazole rings is 1. The molecule has 1 aliphatic heterocycles. The highest BCUT2D eigenvalue weighted by atomic mass is 35.5. The van der Waals surface area contributed by atoms with Gasteiger partial charge in [-0.15, -0.1) is 0 Å². The van der Waals surface area contributed by atoms with Crippen molar-refractivity contribution in [3.63, 3.8) is 0 Å². The van der Waals surface area contributed by atoms with Crippen LogP contribution in [0, 0.1) is 17.1 Å². The summed E-state index contributed by atoms with van der Waals surface area (Å²) in [7, 11) is 0. The fraction of sp³-hybridized carbons (Fsp3) is 0.316. The Bertz CT molecular complexity index is 2370. The summed E-state index contributed by atoms with van der Waals surface area (Å²) < 4.78 is 21.7. The summed E-state index contributed by atoms with van der Waals surface area (Å²) in [6, 6.07) is 11.8. The summed E-state index contributed by atoms with van der Waals surface area (Å²) in [6.07, 6.45) is 8.37. The number of aromatic nitrogens is 5. The Kier molecular flexibility index (Phi) is 8.35. The number of carbonyl (C=O) groups is 3. The van der Waals surface area contributed by atoms with E-state index < -0.39 is 34.2 Å². The SMILES string of the molecule is CC(C)c1nc(C2(NC(=O)C3(NC(=O)c4cnc5n4[C@](C)(Cc4ccc(-c6cnc(C#N)nc6)cc4)C(=O)N5c4cc(Cl)c(F)c(Cl)c4)CC3)CC2)co1. The molecule has 8 rings (SSSR count). The summed E-state index contributed by atoms with van der Waals surface area (Å²) in [6.45, 7) is 5.64. The summed E-state index contributed by atoms with van der Waals surface area (Å²) in [5.41, 5.74) is -0.148. The number of halogens is 3. The number of benzene rings is 2. The molecule has 2 aromatic carbocycles. The Morgan fingerprint density at radius 2 is 1.67 bits per heavy atom. The van der Waals surface area contributed by atoms with Crippen molar-refractivity contribution in [2.75, 3.05) is 4.90 Å². The maximum atomic E-state index is 14.6. The topological polar surface area (TPSA) is 172 Å². The van der Waals surface area contributed by atoms with Crippen molar-refractivity contribution < 1.29 is 23.2 Å². The average Bonchev–Trinajstić information content (AvgIpc) is 3.97. The molecule has 0 bridgehead atoms. The molecule has 0 saturated heterocycles. The van der Waals surface area contributed by atoms with E-state index in [-0.39, 0.29) is 51.4 Å². The van der Waals surface area contributed by atoms with Gasteiger partial charge in [-0.2, -0.15) is 5.26 Å². The number of hydrogen-bond acceptors (Lipinski definition) is 9. The number of amides is 3. The Balaban J connectivity index is 1.10. The molecule has 3 amide bonds. The van der Waals surface area contributed by atoms with Gasteiger partial charge < -0.3 is 15.1 Å². The lowest BCUT2D eigenvalue weighted by molar-refractivity contribution is -0.125. The van der Waals surface area contributed by atoms with Crippen LogP contribution in [0.3, 0.4) is 0 Å². The molecule has 4 heterocycles. The van der Waals surface area contributed by atoms with Gasteiger partial charge in [0.05, 0.1) is 27.5 Å². The minimum Gasteiger partial charge on any atom is -0.448 e. The predicted molar refractivity (Wildman–Crippen MR) is 194 cm³/mol. The Labute approximate surface area is 318 Å². The monoisotopic (exact) mass is 767 g/mol. The van der Waals surface area contributed by atoms with Crippen LogP contribution in [-0.4, -0.2) is 47.8 Å². The normalized spacial score (nSPS) is 19.0. The maximum absolute atomic E-state index is 14.6. The zero-order valence-corrected chi connectivity index (χ0v) is 30.8. The molecule has 2 N–H and O–H groups in total. The van der Waals surface area contributed by atoms with Crippen molar-refractivity contribution in [3.8, 4) is 17.2 Å². The van der Waals surface area contributed by atoms with Crippen molar-refractivity contribution in [1.29, 1.82) is 5.26 Å². The number of carbonyl (C=O) groups excluding carboxylic acids is 3. The lowest BCUT2D eigenvalue weighted by Crippen LogP contribution is -2.52. The molecule has 16 heteroatoms. The van der Waals surface area contributed by atoms with E-state index in [2.05, 4.69) is 30.6 Å². The number of fused-ring (bicyclic) bond motifs is 1. The molecule has 2 aliphatic carbocycles. The third-order valence-electron chi connectivity index (χ3n) is 10.3. The van der Waals surface area contributed by atoms with Gasteiger partial charge in [0, 0.05) is 30.3 Å². The van der Waals surface area contributed by atoms with Crippen LogP contribution in [0.1, 0.15) is 85.8 Å². The Morgan fingerprint density at radius 3 is 2.24 bits per heavy atom. The van der Waals surface area contributed by atoms with E-state index in [1.807, 2.05) is 44.2 Å². The van der Waals surface area contributed by atoms with Crippen LogP contribution in [0.5, 0.6) is 0 Å². The van der Waals surface area contributed by atoms with Crippen molar-refractivity contribution >= 4 is 52.6 Å². The Hall–Kier alpha value is -5.65. The number of nitrogens with one attached hydrogen (secondary N) is 2. The molecule has 5 aromatic rings. The highest BCUT2D eigenvalue weighted by molar-refractivity contribution is 6.35. The lowest BCUT2D eigenvalue weighted by Gasteiger charge is -2.27. The molecular formula is C38H32Cl2FN9O4. The fourth-order valence-electron chi connectivity index (χ4n) is 6.87. The predicted octanol–water partition coefficient (Wildman–Crippen LogP) is 6.47. The zero-order chi connectivity index (χ0) is 38.2. The van der Waals surface area contributed by atoms with Gasteiger partial charge in [-0.3, -0.25) is 19.0 Å². The quantitative estimate of drug-likeness (QED) is 0.151. The van der Waals surface area contributed by atoms with E-state index in [4.69, 9.17) is 32.9 Å². The summed E-state index contributed by atoms with van der Waals surface area (Å²) in [5.74, 6) is -1.40. The molecule has 54 heavy (non-hydrogen) atoms. The van der Waals surface area contributed by atoms with Crippen molar-refractivity contribution in [3.05, 3.63) is 106 Å². The molecule has 0 radical (unpaired) electrons. The largest absolute Gasteiger partial charge is 0.448 e. The van der Waals surface area contributed by atoms with Gasteiger partial charge in [0.15, 0.2) is 11.7 Å². The highest BCUT2D eigenvalue weighted by Crippen LogP contribution is 2.48. The number of nitrogens with zero attached hydrogens (tertiary/aromatic N) is 7. The standard InChI is InChI=1S/C38H32Cl2FN9O4/c1-20(2)32-46-28(19-54-32)37(8-9-37)48-33(52)38(10-11-38)47-31(51)27-18-45-35-49(24-12-25(39)30(41)26(40)13-24)34(53)36(3,50(27)35)14-21-4-6-22(7-5-21)23-16-43-29(15-42)44-17-23/h4-7,12-13,16-20H,8-11,14H2,1-3H3,(H,47,51)(H,48,52)/t36-/m1/s1. The average molecular weight is 769 g/mol. The molecule has 1 atom stereocenters. The molecule has 2 fully saturated rings. The molecule has 3 aliphatic rings. The summed E-state index contributed by atoms with van der Waals surface area (Å²) in [5, 5.41) is 14.5. The molecule has 274 valence electrons. The minimum atomic E-state index is -1.43. The van der Waals surface area contributed by atoms with Gasteiger partial charge in [-0.25, -0.2) is 29.2 Å². The second-order valence-electron chi connectivity index (χ2n) is 14.5. The van der Waals surface area contributed by atoms with E-state index in [0.717, 1.165) is 11.1 Å². The van der Waals surface area contributed by atoms with E-state index in [1.165, 1.54) is 27.8 Å². The zero-order valence-electron chi connectivity index (χ0n) is 29.3. The molecular weight excluding hydrogens is 736 g/mol. The van der Waals surface area contributed by atoms with Crippen LogP contribution < -0.4 is 15.5 Å². The third-order valence-corrected chi connectivity index (χ3v) is 10.8. The van der Waals surface area contributed by atoms with E-state index in [1.54, 1.807) is 25.6 Å². The van der Waals surface area contributed by atoms with Gasteiger partial charge >= 0.3 is 0 Å². The fourth-order valence-corrected chi connectivity index (χ4v) is 7.35. The maximum Gasteiger partial charge on any atom is 0.270 e. The molecule has 13 nitrogen and oxygen atoms in total. The van der Waals surface area contributed by atoms with Gasteiger partial charge in [0.2, 0.25) is 17.7 Å². The second kappa shape index (κ2) is 12.7. The number of rotatable bonds is 10. The molecule has 2 saturated carbocycles. The van der Waals surface area contributed by atoms with Crippen molar-refractivity contribution in [2.24, 2.45) is 0 Å². The van der Waals surface area contributed by atoms with Crippen LogP contribution in [0.4, 0.5) is 16.0 Å². The van der Waals surface area contributed by atoms with E-state index in [9.17, 15) is 18.8 Å². The first-order valence-electron chi connectivity index (χ1n) is 17.3. The van der Waals surface area contributed by atoms with Crippen LogP contribution in [0.25, 0.3) is 11.1 Å². The van der Waals surface area contributed by atoms with Crippen LogP contribution >= 0.6 is 23.2 Å². The lowest BCUT2D eigenvalue weighted by atomic mass is 9.90. The van der Waals surface area contributed by atoms with Gasteiger partial charge in [0.25, 0.3) is 11.8 Å². The van der Waals surface area contributed by atoms with Gasteiger partial charge in [0.1, 0.15) is 34.8 Å². The van der Waals surface area contributed by atoms with Gasteiger partial charge in [-0.05, 0) is 55.9 Å². The smallest absolute Gasteiger partial charge is 0.270 e. The first-order chi connectivity index (χ1) is 25.8. The molecule has 0 unspecified atom stereocenters. The van der Waals surface area contributed by atoms with Gasteiger partial charge in [-0.1, -0.05) is 61.3 Å². The minimum absolute atomic E-state index is 0.0484. The van der Waals surface area contributed by atoms with E-state index in [0.29, 0.717) is 42.8 Å².